The summed E-state index contributed by atoms with van der Waals surface area (Å²) in [6.07, 6.45) is 2.05. The van der Waals surface area contributed by atoms with Crippen LogP contribution in [0.5, 0.6) is 11.5 Å². The Balaban J connectivity index is 1.66. The molecule has 5 heteroatoms. The van der Waals surface area contributed by atoms with Crippen LogP contribution in [0.2, 0.25) is 0 Å². The summed E-state index contributed by atoms with van der Waals surface area (Å²) in [5, 5.41) is 0. The van der Waals surface area contributed by atoms with E-state index in [1.807, 2.05) is 41.3 Å². The number of rotatable bonds is 6. The highest BCUT2D eigenvalue weighted by Crippen LogP contribution is 2.34. The molecule has 132 valence electrons. The van der Waals surface area contributed by atoms with Crippen molar-refractivity contribution in [1.29, 1.82) is 0 Å². The van der Waals surface area contributed by atoms with E-state index in [2.05, 4.69) is 12.1 Å². The van der Waals surface area contributed by atoms with Gasteiger partial charge in [-0.3, -0.25) is 4.79 Å². The first-order valence-electron chi connectivity index (χ1n) is 8.42. The minimum atomic E-state index is 0.164. The number of carbonyl (C=O) groups is 1. The van der Waals surface area contributed by atoms with Crippen molar-refractivity contribution in [3.8, 4) is 11.5 Å². The van der Waals surface area contributed by atoms with Crippen molar-refractivity contribution in [3.05, 3.63) is 54.1 Å². The van der Waals surface area contributed by atoms with E-state index in [1.165, 1.54) is 17.3 Å². The Kier molecular flexibility index (Phi) is 5.87. The molecule has 0 saturated carbocycles. The van der Waals surface area contributed by atoms with Gasteiger partial charge in [-0.25, -0.2) is 0 Å². The maximum Gasteiger partial charge on any atom is 0.233 e. The third-order valence-corrected chi connectivity index (χ3v) is 5.53. The van der Waals surface area contributed by atoms with Crippen LogP contribution in [-0.2, 0) is 4.79 Å². The van der Waals surface area contributed by atoms with Gasteiger partial charge in [-0.1, -0.05) is 24.3 Å². The summed E-state index contributed by atoms with van der Waals surface area (Å²) in [5.74, 6) is 2.25. The average molecular weight is 357 g/mol. The fourth-order valence-corrected chi connectivity index (χ4v) is 4.11. The molecule has 0 aromatic heterocycles. The van der Waals surface area contributed by atoms with Crippen LogP contribution >= 0.6 is 11.8 Å². The molecular weight excluding hydrogens is 334 g/mol. The Morgan fingerprint density at radius 3 is 2.60 bits per heavy atom. The molecule has 1 amide bonds. The molecule has 3 rings (SSSR count). The molecule has 1 heterocycles. The van der Waals surface area contributed by atoms with Gasteiger partial charge in [-0.15, -0.1) is 11.8 Å². The first kappa shape index (κ1) is 17.7. The van der Waals surface area contributed by atoms with Crippen molar-refractivity contribution >= 4 is 17.7 Å². The third-order valence-electron chi connectivity index (χ3n) is 4.49. The summed E-state index contributed by atoms with van der Waals surface area (Å²) in [4.78, 5) is 15.8. The number of likely N-dealkylation sites (tertiary alicyclic amines) is 1. The molecule has 0 spiro atoms. The smallest absolute Gasteiger partial charge is 0.233 e. The van der Waals surface area contributed by atoms with E-state index in [0.717, 1.165) is 35.8 Å². The van der Waals surface area contributed by atoms with E-state index in [-0.39, 0.29) is 11.9 Å². The lowest BCUT2D eigenvalue weighted by atomic mass is 10.0. The SMILES string of the molecule is COc1ccc(C2CCCN2C(=O)CSc2ccccc2OC)cc1. The van der Waals surface area contributed by atoms with E-state index in [1.54, 1.807) is 14.2 Å². The Morgan fingerprint density at radius 1 is 1.12 bits per heavy atom. The zero-order valence-electron chi connectivity index (χ0n) is 14.6. The Hall–Kier alpha value is -2.14. The first-order chi connectivity index (χ1) is 12.2. The van der Waals surface area contributed by atoms with Gasteiger partial charge in [0.25, 0.3) is 0 Å². The lowest BCUT2D eigenvalue weighted by Crippen LogP contribution is -2.31. The topological polar surface area (TPSA) is 38.8 Å². The van der Waals surface area contributed by atoms with Crippen molar-refractivity contribution in [2.75, 3.05) is 26.5 Å². The second kappa shape index (κ2) is 8.30. The summed E-state index contributed by atoms with van der Waals surface area (Å²) >= 11 is 1.53. The first-order valence-corrected chi connectivity index (χ1v) is 9.40. The van der Waals surface area contributed by atoms with Crippen LogP contribution in [0, 0.1) is 0 Å². The predicted octanol–water partition coefficient (Wildman–Crippen LogP) is 4.16. The molecule has 1 saturated heterocycles. The standard InChI is InChI=1S/C20H23NO3S/c1-23-16-11-9-15(10-12-16)17-6-5-13-21(17)20(22)14-25-19-8-4-3-7-18(19)24-2/h3-4,7-12,17H,5-6,13-14H2,1-2H3. The molecule has 1 aliphatic heterocycles. The number of carbonyl (C=O) groups excluding carboxylic acids is 1. The number of hydrogen-bond donors (Lipinski definition) is 0. The minimum Gasteiger partial charge on any atom is -0.497 e. The minimum absolute atomic E-state index is 0.164. The van der Waals surface area contributed by atoms with E-state index < -0.39 is 0 Å². The number of methoxy groups -OCH3 is 2. The van der Waals surface area contributed by atoms with Crippen molar-refractivity contribution in [2.45, 2.75) is 23.8 Å². The monoisotopic (exact) mass is 357 g/mol. The Bertz CT molecular complexity index is 717. The molecule has 1 aliphatic rings. The number of hydrogen-bond acceptors (Lipinski definition) is 4. The molecule has 0 N–H and O–H groups in total. The second-order valence-electron chi connectivity index (χ2n) is 5.96. The second-order valence-corrected chi connectivity index (χ2v) is 6.98. The maximum atomic E-state index is 12.8. The molecule has 25 heavy (non-hydrogen) atoms. The molecule has 1 fully saturated rings. The fourth-order valence-electron chi connectivity index (χ4n) is 3.20. The van der Waals surface area contributed by atoms with Crippen LogP contribution in [0.1, 0.15) is 24.4 Å². The van der Waals surface area contributed by atoms with E-state index >= 15 is 0 Å². The van der Waals surface area contributed by atoms with Crippen molar-refractivity contribution in [2.24, 2.45) is 0 Å². The lowest BCUT2D eigenvalue weighted by Gasteiger charge is -2.25. The normalized spacial score (nSPS) is 16.7. The van der Waals surface area contributed by atoms with Gasteiger partial charge >= 0.3 is 0 Å². The summed E-state index contributed by atoms with van der Waals surface area (Å²) in [7, 11) is 3.32. The van der Waals surface area contributed by atoms with Crippen LogP contribution in [0.4, 0.5) is 0 Å². The average Bonchev–Trinajstić information content (AvgIpc) is 3.16. The molecule has 4 nitrogen and oxygen atoms in total. The molecule has 0 aliphatic carbocycles. The third kappa shape index (κ3) is 4.10. The van der Waals surface area contributed by atoms with Crippen LogP contribution in [0.15, 0.2) is 53.4 Å². The highest BCUT2D eigenvalue weighted by atomic mass is 32.2. The molecule has 0 bridgehead atoms. The number of thioether (sulfide) groups is 1. The maximum absolute atomic E-state index is 12.8. The lowest BCUT2D eigenvalue weighted by molar-refractivity contribution is -0.129. The molecule has 2 aromatic carbocycles. The summed E-state index contributed by atoms with van der Waals surface area (Å²) in [6, 6.07) is 16.0. The number of ether oxygens (including phenoxy) is 2. The molecule has 1 atom stereocenters. The molecule has 2 aromatic rings. The van der Waals surface area contributed by atoms with Gasteiger partial charge in [0.2, 0.25) is 5.91 Å². The Morgan fingerprint density at radius 2 is 1.88 bits per heavy atom. The van der Waals surface area contributed by atoms with Gasteiger partial charge < -0.3 is 14.4 Å². The summed E-state index contributed by atoms with van der Waals surface area (Å²) < 4.78 is 10.6. The van der Waals surface area contributed by atoms with Crippen LogP contribution in [0.3, 0.4) is 0 Å². The summed E-state index contributed by atoms with van der Waals surface area (Å²) in [6.45, 7) is 0.821. The van der Waals surface area contributed by atoms with Gasteiger partial charge in [0, 0.05) is 11.4 Å². The van der Waals surface area contributed by atoms with Crippen molar-refractivity contribution in [1.82, 2.24) is 4.90 Å². The van der Waals surface area contributed by atoms with Crippen LogP contribution in [0.25, 0.3) is 0 Å². The zero-order valence-corrected chi connectivity index (χ0v) is 15.4. The number of nitrogens with zero attached hydrogens (tertiary/aromatic N) is 1. The van der Waals surface area contributed by atoms with Gasteiger partial charge in [0.1, 0.15) is 11.5 Å². The molecular formula is C20H23NO3S. The van der Waals surface area contributed by atoms with Gasteiger partial charge in [-0.2, -0.15) is 0 Å². The van der Waals surface area contributed by atoms with E-state index in [0.29, 0.717) is 5.75 Å². The number of amides is 1. The molecule has 0 radical (unpaired) electrons. The fraction of sp³-hybridized carbons (Fsp3) is 0.350. The quantitative estimate of drug-likeness (QED) is 0.728. The van der Waals surface area contributed by atoms with Crippen molar-refractivity contribution in [3.63, 3.8) is 0 Å². The Labute approximate surface area is 153 Å². The van der Waals surface area contributed by atoms with E-state index in [4.69, 9.17) is 9.47 Å². The highest BCUT2D eigenvalue weighted by molar-refractivity contribution is 8.00. The van der Waals surface area contributed by atoms with Crippen molar-refractivity contribution < 1.29 is 14.3 Å². The highest BCUT2D eigenvalue weighted by Gasteiger charge is 2.29. The summed E-state index contributed by atoms with van der Waals surface area (Å²) in [5.41, 5.74) is 1.17. The molecule has 1 unspecified atom stereocenters. The van der Waals surface area contributed by atoms with Gasteiger partial charge in [0.05, 0.1) is 26.0 Å². The van der Waals surface area contributed by atoms with E-state index in [9.17, 15) is 4.79 Å². The predicted molar refractivity (Wildman–Crippen MR) is 100 cm³/mol. The largest absolute Gasteiger partial charge is 0.497 e. The number of para-hydroxylation sites is 1. The zero-order chi connectivity index (χ0) is 17.6. The van der Waals surface area contributed by atoms with Gasteiger partial charge in [-0.05, 0) is 42.7 Å². The number of benzene rings is 2. The van der Waals surface area contributed by atoms with Gasteiger partial charge in [0.15, 0.2) is 0 Å². The van der Waals surface area contributed by atoms with Crippen LogP contribution in [-0.4, -0.2) is 37.3 Å². The van der Waals surface area contributed by atoms with Crippen LogP contribution < -0.4 is 9.47 Å².